The molecule has 16 heavy (non-hydrogen) atoms. The van der Waals surface area contributed by atoms with Gasteiger partial charge in [0.15, 0.2) is 5.78 Å². The molecule has 0 spiro atoms. The second kappa shape index (κ2) is 4.68. The van der Waals surface area contributed by atoms with Crippen LogP contribution in [0.3, 0.4) is 0 Å². The second-order valence-electron chi connectivity index (χ2n) is 4.69. The third-order valence-electron chi connectivity index (χ3n) is 3.62. The quantitative estimate of drug-likeness (QED) is 0.819. The highest BCUT2D eigenvalue weighted by atomic mass is 32.1. The Kier molecular flexibility index (Phi) is 3.45. The van der Waals surface area contributed by atoms with E-state index < -0.39 is 0 Å². The number of thiophene rings is 1. The van der Waals surface area contributed by atoms with E-state index in [1.165, 1.54) is 4.88 Å². The van der Waals surface area contributed by atoms with Crippen LogP contribution in [-0.2, 0) is 0 Å². The largest absolute Gasteiger partial charge is 0.316 e. The van der Waals surface area contributed by atoms with Crippen molar-refractivity contribution in [3.63, 3.8) is 0 Å². The first-order valence-electron chi connectivity index (χ1n) is 5.98. The first kappa shape index (κ1) is 11.8. The molecule has 1 atom stereocenters. The summed E-state index contributed by atoms with van der Waals surface area (Å²) >= 11 is 1.66. The molecule has 1 aromatic rings. The fraction of sp³-hybridized carbons (Fsp3) is 0.615. The molecule has 1 N–H and O–H groups in total. The molecule has 1 aromatic heterocycles. The minimum absolute atomic E-state index is 0.147. The topological polar surface area (TPSA) is 29.1 Å². The minimum atomic E-state index is -0.147. The maximum Gasteiger partial charge on any atom is 0.171 e. The number of aryl methyl sites for hydroxylation is 1. The van der Waals surface area contributed by atoms with Crippen molar-refractivity contribution in [2.75, 3.05) is 13.1 Å². The van der Waals surface area contributed by atoms with Gasteiger partial charge in [-0.3, -0.25) is 4.79 Å². The van der Waals surface area contributed by atoms with E-state index in [2.05, 4.69) is 19.2 Å². The maximum absolute atomic E-state index is 12.5. The Hall–Kier alpha value is -0.670. The molecule has 3 heteroatoms. The van der Waals surface area contributed by atoms with Crippen LogP contribution in [0.25, 0.3) is 0 Å². The molecule has 1 aliphatic heterocycles. The zero-order chi connectivity index (χ0) is 11.6. The Morgan fingerprint density at radius 1 is 1.62 bits per heavy atom. The average molecular weight is 237 g/mol. The number of carbonyl (C=O) groups excluding carboxylic acids is 1. The Labute approximate surface area is 101 Å². The van der Waals surface area contributed by atoms with Gasteiger partial charge in [-0.05, 0) is 38.8 Å². The number of piperidine rings is 1. The van der Waals surface area contributed by atoms with Gasteiger partial charge in [0.1, 0.15) is 0 Å². The lowest BCUT2D eigenvalue weighted by Gasteiger charge is -2.35. The van der Waals surface area contributed by atoms with Gasteiger partial charge in [0.05, 0.1) is 0 Å². The smallest absolute Gasteiger partial charge is 0.171 e. The third kappa shape index (κ3) is 2.06. The zero-order valence-electron chi connectivity index (χ0n) is 10.0. The van der Waals surface area contributed by atoms with Crippen LogP contribution >= 0.6 is 11.3 Å². The minimum Gasteiger partial charge on any atom is -0.316 e. The monoisotopic (exact) mass is 237 g/mol. The molecule has 0 bridgehead atoms. The molecule has 0 amide bonds. The summed E-state index contributed by atoms with van der Waals surface area (Å²) in [5.74, 6) is 0.339. The van der Waals surface area contributed by atoms with Crippen LogP contribution in [0, 0.1) is 12.3 Å². The molecular formula is C13H19NOS. The van der Waals surface area contributed by atoms with E-state index in [0.29, 0.717) is 5.78 Å². The van der Waals surface area contributed by atoms with Crippen LogP contribution in [0.4, 0.5) is 0 Å². The fourth-order valence-corrected chi connectivity index (χ4v) is 3.18. The summed E-state index contributed by atoms with van der Waals surface area (Å²) in [6, 6.07) is 2.03. The van der Waals surface area contributed by atoms with Gasteiger partial charge in [-0.2, -0.15) is 0 Å². The van der Waals surface area contributed by atoms with Crippen molar-refractivity contribution in [2.24, 2.45) is 5.41 Å². The SMILES string of the molecule is CCC1(C(=O)c2csc(C)c2)CCCNC1. The lowest BCUT2D eigenvalue weighted by Crippen LogP contribution is -2.45. The molecule has 0 radical (unpaired) electrons. The van der Waals surface area contributed by atoms with Crippen molar-refractivity contribution in [1.82, 2.24) is 5.32 Å². The van der Waals surface area contributed by atoms with Gasteiger partial charge in [-0.15, -0.1) is 11.3 Å². The van der Waals surface area contributed by atoms with E-state index in [1.54, 1.807) is 11.3 Å². The number of hydrogen-bond donors (Lipinski definition) is 1. The van der Waals surface area contributed by atoms with Gasteiger partial charge in [0.2, 0.25) is 0 Å². The molecule has 88 valence electrons. The van der Waals surface area contributed by atoms with Gasteiger partial charge in [-0.25, -0.2) is 0 Å². The van der Waals surface area contributed by atoms with Crippen LogP contribution in [0.2, 0.25) is 0 Å². The van der Waals surface area contributed by atoms with Gasteiger partial charge >= 0.3 is 0 Å². The number of ketones is 1. The Balaban J connectivity index is 2.24. The van der Waals surface area contributed by atoms with Gasteiger partial charge in [0.25, 0.3) is 0 Å². The van der Waals surface area contributed by atoms with Crippen molar-refractivity contribution >= 4 is 17.1 Å². The van der Waals surface area contributed by atoms with E-state index in [0.717, 1.165) is 37.9 Å². The molecular weight excluding hydrogens is 218 g/mol. The molecule has 2 heterocycles. The summed E-state index contributed by atoms with van der Waals surface area (Å²) in [5, 5.41) is 5.37. The summed E-state index contributed by atoms with van der Waals surface area (Å²) in [6.07, 6.45) is 3.08. The number of hydrogen-bond acceptors (Lipinski definition) is 3. The molecule has 1 fully saturated rings. The van der Waals surface area contributed by atoms with Crippen molar-refractivity contribution < 1.29 is 4.79 Å². The van der Waals surface area contributed by atoms with Gasteiger partial charge in [0, 0.05) is 27.8 Å². The summed E-state index contributed by atoms with van der Waals surface area (Å²) in [5.41, 5.74) is 0.763. The lowest BCUT2D eigenvalue weighted by atomic mass is 9.73. The first-order chi connectivity index (χ1) is 7.68. The molecule has 1 aliphatic rings. The number of carbonyl (C=O) groups is 1. The zero-order valence-corrected chi connectivity index (χ0v) is 10.8. The predicted octanol–water partition coefficient (Wildman–Crippen LogP) is 3.02. The van der Waals surface area contributed by atoms with Crippen molar-refractivity contribution in [2.45, 2.75) is 33.1 Å². The molecule has 0 aliphatic carbocycles. The van der Waals surface area contributed by atoms with Gasteiger partial charge in [-0.1, -0.05) is 6.92 Å². The van der Waals surface area contributed by atoms with Crippen LogP contribution in [-0.4, -0.2) is 18.9 Å². The van der Waals surface area contributed by atoms with Crippen LogP contribution in [0.15, 0.2) is 11.4 Å². The molecule has 0 saturated carbocycles. The van der Waals surface area contributed by atoms with Crippen molar-refractivity contribution in [1.29, 1.82) is 0 Å². The van der Waals surface area contributed by atoms with Crippen molar-refractivity contribution in [3.05, 3.63) is 21.9 Å². The van der Waals surface area contributed by atoms with E-state index in [9.17, 15) is 4.79 Å². The van der Waals surface area contributed by atoms with E-state index in [1.807, 2.05) is 11.4 Å². The molecule has 1 saturated heterocycles. The number of rotatable bonds is 3. The molecule has 2 nitrogen and oxygen atoms in total. The third-order valence-corrected chi connectivity index (χ3v) is 4.48. The Morgan fingerprint density at radius 3 is 2.94 bits per heavy atom. The van der Waals surface area contributed by atoms with Crippen molar-refractivity contribution in [3.8, 4) is 0 Å². The maximum atomic E-state index is 12.5. The van der Waals surface area contributed by atoms with E-state index in [-0.39, 0.29) is 5.41 Å². The fourth-order valence-electron chi connectivity index (χ4n) is 2.49. The van der Waals surface area contributed by atoms with Crippen LogP contribution < -0.4 is 5.32 Å². The van der Waals surface area contributed by atoms with Crippen LogP contribution in [0.5, 0.6) is 0 Å². The number of nitrogens with one attached hydrogen (secondary N) is 1. The normalized spacial score (nSPS) is 25.6. The summed E-state index contributed by atoms with van der Waals surface area (Å²) < 4.78 is 0. The highest BCUT2D eigenvalue weighted by molar-refractivity contribution is 7.10. The second-order valence-corrected chi connectivity index (χ2v) is 5.80. The molecule has 1 unspecified atom stereocenters. The van der Waals surface area contributed by atoms with Crippen LogP contribution in [0.1, 0.15) is 41.4 Å². The standard InChI is InChI=1S/C13H19NOS/c1-3-13(5-4-6-14-9-13)12(15)11-7-10(2)16-8-11/h7-8,14H,3-6,9H2,1-2H3. The summed E-state index contributed by atoms with van der Waals surface area (Å²) in [4.78, 5) is 13.8. The first-order valence-corrected chi connectivity index (χ1v) is 6.86. The lowest BCUT2D eigenvalue weighted by molar-refractivity contribution is 0.0731. The van der Waals surface area contributed by atoms with E-state index >= 15 is 0 Å². The number of Topliss-reactive ketones (excluding diaryl/α,β-unsaturated/α-hetero) is 1. The highest BCUT2D eigenvalue weighted by Gasteiger charge is 2.38. The van der Waals surface area contributed by atoms with Gasteiger partial charge < -0.3 is 5.32 Å². The Morgan fingerprint density at radius 2 is 2.44 bits per heavy atom. The average Bonchev–Trinajstić information content (AvgIpc) is 2.76. The summed E-state index contributed by atoms with van der Waals surface area (Å²) in [6.45, 7) is 6.08. The summed E-state index contributed by atoms with van der Waals surface area (Å²) in [7, 11) is 0. The molecule has 0 aromatic carbocycles. The predicted molar refractivity (Wildman–Crippen MR) is 68.2 cm³/mol. The molecule has 2 rings (SSSR count). The Bertz CT molecular complexity index is 377. The van der Waals surface area contributed by atoms with E-state index in [4.69, 9.17) is 0 Å². The highest BCUT2D eigenvalue weighted by Crippen LogP contribution is 2.34.